The molecule has 24 heavy (non-hydrogen) atoms. The van der Waals surface area contributed by atoms with E-state index in [4.69, 9.17) is 10.8 Å². The Morgan fingerprint density at radius 1 is 1.21 bits per heavy atom. The van der Waals surface area contributed by atoms with Gasteiger partial charge in [0.05, 0.1) is 12.1 Å². The maximum Gasteiger partial charge on any atom is 0.173 e. The van der Waals surface area contributed by atoms with E-state index in [1.54, 1.807) is 19.1 Å². The molecule has 0 unspecified atom stereocenters. The molecule has 2 rings (SSSR count). The SMILES string of the molecule is Cc1ccc(N(C=N)C(=N)SCC(=O)c2ccc(C)c(O)c2)cc1. The van der Waals surface area contributed by atoms with Gasteiger partial charge in [0.1, 0.15) is 5.75 Å². The number of hydrogen-bond donors (Lipinski definition) is 3. The quantitative estimate of drug-likeness (QED) is 0.436. The second-order valence-corrected chi connectivity index (χ2v) is 6.32. The number of nitrogens with zero attached hydrogens (tertiary/aromatic N) is 1. The second-order valence-electron chi connectivity index (χ2n) is 5.35. The number of anilines is 1. The Morgan fingerprint density at radius 3 is 2.46 bits per heavy atom. The summed E-state index contributed by atoms with van der Waals surface area (Å²) in [6, 6.07) is 12.3. The highest BCUT2D eigenvalue weighted by molar-refractivity contribution is 8.14. The summed E-state index contributed by atoms with van der Waals surface area (Å²) >= 11 is 1.05. The fraction of sp³-hybridized carbons (Fsp3) is 0.167. The van der Waals surface area contributed by atoms with E-state index in [9.17, 15) is 9.90 Å². The van der Waals surface area contributed by atoms with Crippen LogP contribution in [0.3, 0.4) is 0 Å². The van der Waals surface area contributed by atoms with Crippen molar-refractivity contribution in [2.24, 2.45) is 0 Å². The van der Waals surface area contributed by atoms with Crippen LogP contribution >= 0.6 is 11.8 Å². The van der Waals surface area contributed by atoms with Crippen LogP contribution < -0.4 is 4.90 Å². The Kier molecular flexibility index (Phi) is 5.76. The van der Waals surface area contributed by atoms with Gasteiger partial charge in [-0.3, -0.25) is 20.5 Å². The van der Waals surface area contributed by atoms with E-state index in [2.05, 4.69) is 0 Å². The summed E-state index contributed by atoms with van der Waals surface area (Å²) in [4.78, 5) is 13.6. The topological polar surface area (TPSA) is 88.2 Å². The van der Waals surface area contributed by atoms with E-state index >= 15 is 0 Å². The van der Waals surface area contributed by atoms with Gasteiger partial charge in [0.2, 0.25) is 0 Å². The molecular weight excluding hydrogens is 322 g/mol. The molecule has 6 heteroatoms. The number of aromatic hydroxyl groups is 1. The van der Waals surface area contributed by atoms with E-state index in [0.717, 1.165) is 23.7 Å². The van der Waals surface area contributed by atoms with Crippen LogP contribution in [0.4, 0.5) is 5.69 Å². The zero-order valence-corrected chi connectivity index (χ0v) is 14.4. The number of aryl methyl sites for hydroxylation is 2. The van der Waals surface area contributed by atoms with Crippen molar-refractivity contribution in [2.75, 3.05) is 10.7 Å². The molecule has 124 valence electrons. The van der Waals surface area contributed by atoms with Crippen molar-refractivity contribution >= 4 is 34.7 Å². The van der Waals surface area contributed by atoms with Crippen LogP contribution in [0.5, 0.6) is 5.75 Å². The molecule has 2 aromatic rings. The first-order valence-corrected chi connectivity index (χ1v) is 8.31. The number of amidine groups is 1. The van der Waals surface area contributed by atoms with Crippen molar-refractivity contribution in [1.29, 1.82) is 10.8 Å². The van der Waals surface area contributed by atoms with Crippen LogP contribution in [0.15, 0.2) is 42.5 Å². The van der Waals surface area contributed by atoms with Crippen LogP contribution in [0.25, 0.3) is 0 Å². The van der Waals surface area contributed by atoms with Gasteiger partial charge in [0.15, 0.2) is 11.0 Å². The first-order chi connectivity index (χ1) is 11.4. The van der Waals surface area contributed by atoms with Crippen LogP contribution in [-0.2, 0) is 0 Å². The average Bonchev–Trinajstić information content (AvgIpc) is 2.57. The van der Waals surface area contributed by atoms with Crippen molar-refractivity contribution in [3.63, 3.8) is 0 Å². The first kappa shape index (κ1) is 17.7. The summed E-state index contributed by atoms with van der Waals surface area (Å²) in [5.74, 6) is -0.0204. The number of carbonyl (C=O) groups is 1. The minimum atomic E-state index is -0.172. The van der Waals surface area contributed by atoms with E-state index in [0.29, 0.717) is 16.8 Å². The van der Waals surface area contributed by atoms with Crippen LogP contribution in [0.2, 0.25) is 0 Å². The molecule has 0 atom stereocenters. The molecule has 0 spiro atoms. The van der Waals surface area contributed by atoms with Gasteiger partial charge in [-0.25, -0.2) is 0 Å². The standard InChI is InChI=1S/C18H19N3O2S/c1-12-3-7-15(8-4-12)21(11-19)18(20)24-10-17(23)14-6-5-13(2)16(22)9-14/h3-9,11,19-20,22H,10H2,1-2H3. The first-order valence-electron chi connectivity index (χ1n) is 7.33. The van der Waals surface area contributed by atoms with Crippen LogP contribution in [-0.4, -0.2) is 28.1 Å². The van der Waals surface area contributed by atoms with E-state index in [-0.39, 0.29) is 22.5 Å². The molecule has 2 aromatic carbocycles. The lowest BCUT2D eigenvalue weighted by Gasteiger charge is -2.19. The molecular formula is C18H19N3O2S. The molecule has 0 aliphatic carbocycles. The number of hydrogen-bond acceptors (Lipinski definition) is 5. The number of rotatable bonds is 5. The fourth-order valence-corrected chi connectivity index (χ4v) is 2.76. The number of Topliss-reactive ketones (excluding diaryl/α,β-unsaturated/α-hetero) is 1. The third kappa shape index (κ3) is 4.23. The van der Waals surface area contributed by atoms with Gasteiger partial charge in [-0.05, 0) is 37.6 Å². The maximum atomic E-state index is 12.2. The predicted molar refractivity (Wildman–Crippen MR) is 99.8 cm³/mol. The van der Waals surface area contributed by atoms with E-state index in [1.807, 2.05) is 31.2 Å². The number of ketones is 1. The second kappa shape index (κ2) is 7.79. The molecule has 0 aliphatic heterocycles. The number of carbonyl (C=O) groups excluding carboxylic acids is 1. The van der Waals surface area contributed by atoms with Crippen LogP contribution in [0.1, 0.15) is 21.5 Å². The molecule has 0 aromatic heterocycles. The molecule has 0 saturated carbocycles. The maximum absolute atomic E-state index is 12.2. The fourth-order valence-electron chi connectivity index (χ4n) is 2.03. The lowest BCUT2D eigenvalue weighted by molar-refractivity contribution is 0.102. The summed E-state index contributed by atoms with van der Waals surface area (Å²) in [5, 5.41) is 25.4. The smallest absolute Gasteiger partial charge is 0.173 e. The molecule has 0 heterocycles. The summed E-state index contributed by atoms with van der Waals surface area (Å²) in [6.45, 7) is 3.73. The van der Waals surface area contributed by atoms with Crippen molar-refractivity contribution in [3.05, 3.63) is 59.2 Å². The normalized spacial score (nSPS) is 10.2. The summed E-state index contributed by atoms with van der Waals surface area (Å²) in [5.41, 5.74) is 2.92. The lowest BCUT2D eigenvalue weighted by atomic mass is 10.1. The monoisotopic (exact) mass is 341 g/mol. The van der Waals surface area contributed by atoms with Gasteiger partial charge in [-0.2, -0.15) is 0 Å². The van der Waals surface area contributed by atoms with Gasteiger partial charge in [-0.1, -0.05) is 41.6 Å². The molecule has 0 amide bonds. The van der Waals surface area contributed by atoms with Crippen molar-refractivity contribution < 1.29 is 9.90 Å². The molecule has 0 bridgehead atoms. The molecule has 0 aliphatic rings. The van der Waals surface area contributed by atoms with Gasteiger partial charge >= 0.3 is 0 Å². The predicted octanol–water partition coefficient (Wildman–Crippen LogP) is 3.97. The highest BCUT2D eigenvalue weighted by Crippen LogP contribution is 2.21. The third-order valence-corrected chi connectivity index (χ3v) is 4.41. The van der Waals surface area contributed by atoms with E-state index < -0.39 is 0 Å². The van der Waals surface area contributed by atoms with Crippen LogP contribution in [0, 0.1) is 24.7 Å². The van der Waals surface area contributed by atoms with Crippen molar-refractivity contribution in [2.45, 2.75) is 13.8 Å². The Balaban J connectivity index is 2.02. The Bertz CT molecular complexity index is 772. The average molecular weight is 341 g/mol. The zero-order valence-electron chi connectivity index (χ0n) is 13.5. The lowest BCUT2D eigenvalue weighted by Crippen LogP contribution is -2.26. The van der Waals surface area contributed by atoms with Crippen molar-refractivity contribution in [1.82, 2.24) is 0 Å². The summed E-state index contributed by atoms with van der Waals surface area (Å²) in [6.07, 6.45) is 1.06. The zero-order chi connectivity index (χ0) is 17.7. The highest BCUT2D eigenvalue weighted by Gasteiger charge is 2.14. The Labute approximate surface area is 145 Å². The molecule has 0 radical (unpaired) electrons. The van der Waals surface area contributed by atoms with Gasteiger partial charge in [0, 0.05) is 11.3 Å². The van der Waals surface area contributed by atoms with E-state index in [1.165, 1.54) is 11.0 Å². The molecule has 3 N–H and O–H groups in total. The number of nitrogens with one attached hydrogen (secondary N) is 2. The third-order valence-electron chi connectivity index (χ3n) is 3.53. The van der Waals surface area contributed by atoms with Gasteiger partial charge in [-0.15, -0.1) is 0 Å². The highest BCUT2D eigenvalue weighted by atomic mass is 32.2. The minimum Gasteiger partial charge on any atom is -0.508 e. The number of thioether (sulfide) groups is 1. The summed E-state index contributed by atoms with van der Waals surface area (Å²) in [7, 11) is 0. The number of benzene rings is 2. The number of phenols is 1. The molecule has 5 nitrogen and oxygen atoms in total. The number of phenolic OH excluding ortho intramolecular Hbond substituents is 1. The van der Waals surface area contributed by atoms with Gasteiger partial charge in [0.25, 0.3) is 0 Å². The van der Waals surface area contributed by atoms with Gasteiger partial charge < -0.3 is 5.11 Å². The Hall–Kier alpha value is -2.60. The molecule has 0 saturated heterocycles. The summed E-state index contributed by atoms with van der Waals surface area (Å²) < 4.78 is 0. The molecule has 0 fully saturated rings. The Morgan fingerprint density at radius 2 is 1.88 bits per heavy atom. The minimum absolute atomic E-state index is 0.0670. The largest absolute Gasteiger partial charge is 0.508 e. The van der Waals surface area contributed by atoms with Crippen molar-refractivity contribution in [3.8, 4) is 5.75 Å².